The highest BCUT2D eigenvalue weighted by molar-refractivity contribution is 7.92. The van der Waals surface area contributed by atoms with E-state index in [2.05, 4.69) is 30.2 Å². The van der Waals surface area contributed by atoms with Crippen molar-refractivity contribution in [1.82, 2.24) is 15.3 Å². The van der Waals surface area contributed by atoms with Gasteiger partial charge in [0.2, 0.25) is 5.95 Å². The van der Waals surface area contributed by atoms with E-state index in [4.69, 9.17) is 0 Å². The molecule has 3 aromatic rings. The van der Waals surface area contributed by atoms with Crippen LogP contribution in [0, 0.1) is 5.82 Å². The largest absolute Gasteiger partial charge is 0.340 e. The molecular weight excluding hydrogens is 443 g/mol. The zero-order chi connectivity index (χ0) is 21.0. The van der Waals surface area contributed by atoms with Gasteiger partial charge in [-0.15, -0.1) is 12.4 Å². The van der Waals surface area contributed by atoms with Crippen molar-refractivity contribution in [2.24, 2.45) is 0 Å². The number of benzene rings is 2. The minimum atomic E-state index is -3.79. The van der Waals surface area contributed by atoms with E-state index in [9.17, 15) is 12.8 Å². The summed E-state index contributed by atoms with van der Waals surface area (Å²) in [5.74, 6) is 0.831. The Morgan fingerprint density at radius 3 is 2.26 bits per heavy atom. The molecule has 1 fully saturated rings. The molecule has 1 aliphatic heterocycles. The van der Waals surface area contributed by atoms with Gasteiger partial charge in [0.1, 0.15) is 11.6 Å². The maximum Gasteiger partial charge on any atom is 0.261 e. The summed E-state index contributed by atoms with van der Waals surface area (Å²) in [6.45, 7) is 3.51. The molecule has 0 radical (unpaired) electrons. The second-order valence-electron chi connectivity index (χ2n) is 6.74. The molecule has 0 bridgehead atoms. The zero-order valence-corrected chi connectivity index (χ0v) is 18.1. The molecule has 0 atom stereocenters. The van der Waals surface area contributed by atoms with Gasteiger partial charge in [-0.05, 0) is 54.6 Å². The highest BCUT2D eigenvalue weighted by Gasteiger charge is 2.15. The molecule has 4 rings (SSSR count). The molecule has 0 amide bonds. The smallest absolute Gasteiger partial charge is 0.261 e. The van der Waals surface area contributed by atoms with Crippen LogP contribution in [0.5, 0.6) is 0 Å². The van der Waals surface area contributed by atoms with E-state index in [1.807, 2.05) is 0 Å². The first-order valence-corrected chi connectivity index (χ1v) is 10.9. The molecule has 164 valence electrons. The molecule has 3 N–H and O–H groups in total. The lowest BCUT2D eigenvalue weighted by Crippen LogP contribution is -2.44. The van der Waals surface area contributed by atoms with Crippen LogP contribution >= 0.6 is 12.4 Å². The van der Waals surface area contributed by atoms with Crippen LogP contribution in [0.25, 0.3) is 0 Å². The van der Waals surface area contributed by atoms with Crippen molar-refractivity contribution in [3.05, 3.63) is 66.6 Å². The molecule has 0 saturated carbocycles. The van der Waals surface area contributed by atoms with Gasteiger partial charge in [-0.3, -0.25) is 4.72 Å². The van der Waals surface area contributed by atoms with Crippen LogP contribution in [0.3, 0.4) is 0 Å². The number of sulfonamides is 1. The molecule has 0 aliphatic carbocycles. The highest BCUT2D eigenvalue weighted by Crippen LogP contribution is 2.21. The van der Waals surface area contributed by atoms with Gasteiger partial charge in [-0.25, -0.2) is 17.8 Å². The van der Waals surface area contributed by atoms with Crippen molar-refractivity contribution in [3.8, 4) is 0 Å². The fourth-order valence-corrected chi connectivity index (χ4v) is 4.09. The number of hydrogen-bond acceptors (Lipinski definition) is 7. The van der Waals surface area contributed by atoms with Crippen molar-refractivity contribution >= 4 is 45.6 Å². The summed E-state index contributed by atoms with van der Waals surface area (Å²) in [4.78, 5) is 11.0. The third kappa shape index (κ3) is 5.81. The third-order valence-corrected chi connectivity index (χ3v) is 5.97. The summed E-state index contributed by atoms with van der Waals surface area (Å²) in [6, 6.07) is 13.2. The van der Waals surface area contributed by atoms with Gasteiger partial charge in [0.15, 0.2) is 0 Å². The minimum Gasteiger partial charge on any atom is -0.340 e. The Morgan fingerprint density at radius 1 is 0.935 bits per heavy atom. The molecule has 1 aromatic heterocycles. The van der Waals surface area contributed by atoms with Crippen molar-refractivity contribution in [1.29, 1.82) is 0 Å². The molecule has 1 saturated heterocycles. The van der Waals surface area contributed by atoms with Crippen LogP contribution in [0.15, 0.2) is 65.7 Å². The molecule has 2 heterocycles. The van der Waals surface area contributed by atoms with Gasteiger partial charge >= 0.3 is 0 Å². The standard InChI is InChI=1S/C20H21FN6O2S.ClH/c21-15-1-7-18(8-2-15)30(28,29)26-17-5-3-16(4-6-17)24-19-9-10-23-20(25-19)27-13-11-22-12-14-27;/h1-10,22,26H,11-14H2,(H,23,24,25);1H. The molecule has 0 unspecified atom stereocenters. The number of rotatable bonds is 6. The quantitative estimate of drug-likeness (QED) is 0.515. The topological polar surface area (TPSA) is 99.2 Å². The number of nitrogens with one attached hydrogen (secondary N) is 3. The summed E-state index contributed by atoms with van der Waals surface area (Å²) < 4.78 is 40.3. The Balaban J connectivity index is 0.00000272. The van der Waals surface area contributed by atoms with Crippen molar-refractivity contribution < 1.29 is 12.8 Å². The number of piperazine rings is 1. The number of aromatic nitrogens is 2. The van der Waals surface area contributed by atoms with Gasteiger partial charge < -0.3 is 15.5 Å². The average Bonchev–Trinajstić information content (AvgIpc) is 2.76. The second kappa shape index (κ2) is 9.90. The van der Waals surface area contributed by atoms with Crippen LogP contribution in [0.1, 0.15) is 0 Å². The lowest BCUT2D eigenvalue weighted by molar-refractivity contribution is 0.580. The van der Waals surface area contributed by atoms with E-state index in [0.717, 1.165) is 44.0 Å². The summed E-state index contributed by atoms with van der Waals surface area (Å²) in [5.41, 5.74) is 1.15. The molecular formula is C20H22ClFN6O2S. The molecule has 31 heavy (non-hydrogen) atoms. The first-order chi connectivity index (χ1) is 14.5. The predicted molar refractivity (Wildman–Crippen MR) is 121 cm³/mol. The van der Waals surface area contributed by atoms with Gasteiger partial charge in [-0.1, -0.05) is 0 Å². The predicted octanol–water partition coefficient (Wildman–Crippen LogP) is 2.99. The summed E-state index contributed by atoms with van der Waals surface area (Å²) in [7, 11) is -3.79. The van der Waals surface area contributed by atoms with Gasteiger partial charge in [-0.2, -0.15) is 4.98 Å². The van der Waals surface area contributed by atoms with Crippen LogP contribution in [-0.2, 0) is 10.0 Å². The van der Waals surface area contributed by atoms with E-state index in [-0.39, 0.29) is 17.3 Å². The van der Waals surface area contributed by atoms with Crippen LogP contribution < -0.4 is 20.3 Å². The van der Waals surface area contributed by atoms with Crippen LogP contribution in [0.4, 0.5) is 27.5 Å². The number of nitrogens with zero attached hydrogens (tertiary/aromatic N) is 3. The van der Waals surface area contributed by atoms with Crippen molar-refractivity contribution in [2.45, 2.75) is 4.90 Å². The lowest BCUT2D eigenvalue weighted by Gasteiger charge is -2.27. The second-order valence-corrected chi connectivity index (χ2v) is 8.42. The highest BCUT2D eigenvalue weighted by atomic mass is 35.5. The molecule has 0 spiro atoms. The first kappa shape index (κ1) is 22.7. The van der Waals surface area contributed by atoms with Gasteiger partial charge in [0, 0.05) is 43.8 Å². The van der Waals surface area contributed by atoms with E-state index in [1.165, 1.54) is 12.1 Å². The van der Waals surface area contributed by atoms with E-state index < -0.39 is 15.8 Å². The first-order valence-electron chi connectivity index (χ1n) is 9.44. The van der Waals surface area contributed by atoms with Gasteiger partial charge in [0.05, 0.1) is 4.90 Å². The van der Waals surface area contributed by atoms with E-state index in [0.29, 0.717) is 17.5 Å². The monoisotopic (exact) mass is 464 g/mol. The number of hydrogen-bond donors (Lipinski definition) is 3. The Hall–Kier alpha value is -2.95. The Labute approximate surface area is 186 Å². The molecule has 11 heteroatoms. The lowest BCUT2D eigenvalue weighted by atomic mass is 10.3. The normalized spacial score (nSPS) is 13.9. The summed E-state index contributed by atoms with van der Waals surface area (Å²) in [6.07, 6.45) is 1.71. The van der Waals surface area contributed by atoms with E-state index in [1.54, 1.807) is 36.5 Å². The Morgan fingerprint density at radius 2 is 1.58 bits per heavy atom. The van der Waals surface area contributed by atoms with Crippen LogP contribution in [-0.4, -0.2) is 44.6 Å². The van der Waals surface area contributed by atoms with Crippen molar-refractivity contribution in [2.75, 3.05) is 41.1 Å². The Kier molecular flexibility index (Phi) is 7.26. The third-order valence-electron chi connectivity index (χ3n) is 4.58. The SMILES string of the molecule is Cl.O=S(=O)(Nc1ccc(Nc2ccnc(N3CCNCC3)n2)cc1)c1ccc(F)cc1. The van der Waals surface area contributed by atoms with Gasteiger partial charge in [0.25, 0.3) is 10.0 Å². The molecule has 2 aromatic carbocycles. The van der Waals surface area contributed by atoms with Crippen LogP contribution in [0.2, 0.25) is 0 Å². The molecule has 1 aliphatic rings. The zero-order valence-electron chi connectivity index (χ0n) is 16.5. The fraction of sp³-hybridized carbons (Fsp3) is 0.200. The van der Waals surface area contributed by atoms with Crippen molar-refractivity contribution in [3.63, 3.8) is 0 Å². The minimum absolute atomic E-state index is 0. The summed E-state index contributed by atoms with van der Waals surface area (Å²) >= 11 is 0. The maximum absolute atomic E-state index is 13.0. The Bertz CT molecular complexity index is 1110. The maximum atomic E-state index is 13.0. The molecule has 8 nitrogen and oxygen atoms in total. The van der Waals surface area contributed by atoms with E-state index >= 15 is 0 Å². The number of anilines is 4. The average molecular weight is 465 g/mol. The summed E-state index contributed by atoms with van der Waals surface area (Å²) in [5, 5.41) is 6.49. The fourth-order valence-electron chi connectivity index (χ4n) is 3.03. The number of halogens is 2.